The molecule has 0 spiro atoms. The number of nitrogens with zero attached hydrogens (tertiary/aromatic N) is 1. The van der Waals surface area contributed by atoms with Gasteiger partial charge in [0.1, 0.15) is 12.4 Å². The van der Waals surface area contributed by atoms with Gasteiger partial charge < -0.3 is 4.74 Å². The van der Waals surface area contributed by atoms with Crippen LogP contribution >= 0.6 is 0 Å². The Bertz CT molecular complexity index is 341. The van der Waals surface area contributed by atoms with E-state index in [0.717, 1.165) is 25.7 Å². The summed E-state index contributed by atoms with van der Waals surface area (Å²) in [6.07, 6.45) is 3.43. The van der Waals surface area contributed by atoms with Gasteiger partial charge in [-0.15, -0.1) is 0 Å². The molecule has 0 N–H and O–H groups in total. The first kappa shape index (κ1) is 10.1. The van der Waals surface area contributed by atoms with E-state index in [0.29, 0.717) is 18.3 Å². The van der Waals surface area contributed by atoms with Crippen LogP contribution in [0.2, 0.25) is 0 Å². The lowest BCUT2D eigenvalue weighted by Crippen LogP contribution is -2.54. The first-order valence-corrected chi connectivity index (χ1v) is 6.16. The standard InChI is InChI=1S/C12H17NO3/c1-7-9-3-2-4-11(14)10(9)5-8-6-16-12(15)13(7)8/h7-10H,2-6H2,1H3/t7?,8-,9+,10+/m1/s1. The number of fused-ring (bicyclic) bond motifs is 2. The van der Waals surface area contributed by atoms with Crippen molar-refractivity contribution in [3.63, 3.8) is 0 Å². The minimum atomic E-state index is -0.186. The van der Waals surface area contributed by atoms with Crippen LogP contribution in [0.25, 0.3) is 0 Å². The highest BCUT2D eigenvalue weighted by atomic mass is 16.6. The number of rotatable bonds is 0. The van der Waals surface area contributed by atoms with Crippen LogP contribution in [0.15, 0.2) is 0 Å². The van der Waals surface area contributed by atoms with E-state index in [2.05, 4.69) is 6.92 Å². The van der Waals surface area contributed by atoms with Crippen molar-refractivity contribution in [3.05, 3.63) is 0 Å². The summed E-state index contributed by atoms with van der Waals surface area (Å²) in [4.78, 5) is 25.4. The second kappa shape index (κ2) is 3.47. The summed E-state index contributed by atoms with van der Waals surface area (Å²) in [7, 11) is 0. The third-order valence-corrected chi connectivity index (χ3v) is 4.48. The minimum Gasteiger partial charge on any atom is -0.447 e. The fraction of sp³-hybridized carbons (Fsp3) is 0.833. The Morgan fingerprint density at radius 2 is 2.19 bits per heavy atom. The van der Waals surface area contributed by atoms with Gasteiger partial charge in [0, 0.05) is 18.4 Å². The number of amides is 1. The number of cyclic esters (lactones) is 1. The first-order valence-electron chi connectivity index (χ1n) is 6.16. The zero-order valence-corrected chi connectivity index (χ0v) is 9.52. The van der Waals surface area contributed by atoms with Crippen molar-refractivity contribution in [1.29, 1.82) is 0 Å². The van der Waals surface area contributed by atoms with Crippen molar-refractivity contribution in [2.75, 3.05) is 6.61 Å². The molecule has 3 fully saturated rings. The molecule has 4 nitrogen and oxygen atoms in total. The molecule has 1 unspecified atom stereocenters. The van der Waals surface area contributed by atoms with Gasteiger partial charge in [-0.25, -0.2) is 4.79 Å². The van der Waals surface area contributed by atoms with Crippen molar-refractivity contribution >= 4 is 11.9 Å². The van der Waals surface area contributed by atoms with Crippen molar-refractivity contribution < 1.29 is 14.3 Å². The Kier molecular flexibility index (Phi) is 2.19. The number of carbonyl (C=O) groups excluding carboxylic acids is 2. The quantitative estimate of drug-likeness (QED) is 0.626. The summed E-state index contributed by atoms with van der Waals surface area (Å²) in [6, 6.07) is 0.314. The Balaban J connectivity index is 1.88. The van der Waals surface area contributed by atoms with Crippen LogP contribution in [-0.4, -0.2) is 35.5 Å². The minimum absolute atomic E-state index is 0.144. The van der Waals surface area contributed by atoms with Gasteiger partial charge in [-0.05, 0) is 32.1 Å². The highest BCUT2D eigenvalue weighted by Gasteiger charge is 2.49. The lowest BCUT2D eigenvalue weighted by atomic mass is 9.69. The van der Waals surface area contributed by atoms with Gasteiger partial charge in [0.05, 0.1) is 6.04 Å². The predicted molar refractivity (Wildman–Crippen MR) is 56.9 cm³/mol. The SMILES string of the molecule is CC1[C@@H]2CCCC(=O)[C@H]2C[C@@H]2COC(=O)N12. The molecule has 1 aliphatic carbocycles. The molecular weight excluding hydrogens is 206 g/mol. The number of ketones is 1. The number of hydrogen-bond donors (Lipinski definition) is 0. The normalized spacial score (nSPS) is 42.7. The molecule has 1 saturated carbocycles. The van der Waals surface area contributed by atoms with Gasteiger partial charge in [-0.1, -0.05) is 0 Å². The van der Waals surface area contributed by atoms with E-state index in [9.17, 15) is 9.59 Å². The van der Waals surface area contributed by atoms with Crippen LogP contribution in [-0.2, 0) is 9.53 Å². The molecule has 0 aromatic rings. The molecule has 88 valence electrons. The number of Topliss-reactive ketones (excluding diaryl/α,β-unsaturated/α-hetero) is 1. The van der Waals surface area contributed by atoms with Crippen molar-refractivity contribution in [2.45, 2.75) is 44.7 Å². The predicted octanol–water partition coefficient (Wildman–Crippen LogP) is 1.58. The van der Waals surface area contributed by atoms with Gasteiger partial charge in [0.2, 0.25) is 0 Å². The maximum atomic E-state index is 11.9. The molecule has 2 aliphatic heterocycles. The van der Waals surface area contributed by atoms with E-state index in [1.54, 1.807) is 0 Å². The second-order valence-electron chi connectivity index (χ2n) is 5.24. The van der Waals surface area contributed by atoms with Gasteiger partial charge in [0.25, 0.3) is 0 Å². The van der Waals surface area contributed by atoms with Crippen LogP contribution in [0.3, 0.4) is 0 Å². The summed E-state index contributed by atoms with van der Waals surface area (Å²) < 4.78 is 5.09. The van der Waals surface area contributed by atoms with Gasteiger partial charge in [-0.3, -0.25) is 9.69 Å². The van der Waals surface area contributed by atoms with Crippen LogP contribution in [0.4, 0.5) is 4.79 Å². The Hall–Kier alpha value is -1.06. The highest BCUT2D eigenvalue weighted by molar-refractivity contribution is 5.83. The average molecular weight is 223 g/mol. The molecule has 0 aromatic carbocycles. The Morgan fingerprint density at radius 1 is 1.38 bits per heavy atom. The first-order chi connectivity index (χ1) is 7.68. The molecule has 2 heterocycles. The molecule has 1 amide bonds. The van der Waals surface area contributed by atoms with E-state index in [1.165, 1.54) is 0 Å². The third-order valence-electron chi connectivity index (χ3n) is 4.48. The van der Waals surface area contributed by atoms with E-state index >= 15 is 0 Å². The zero-order valence-electron chi connectivity index (χ0n) is 9.52. The lowest BCUT2D eigenvalue weighted by molar-refractivity contribution is -0.131. The van der Waals surface area contributed by atoms with E-state index in [-0.39, 0.29) is 24.1 Å². The topological polar surface area (TPSA) is 46.6 Å². The van der Waals surface area contributed by atoms with Crippen LogP contribution < -0.4 is 0 Å². The fourth-order valence-corrected chi connectivity index (χ4v) is 3.67. The molecule has 0 bridgehead atoms. The molecule has 3 aliphatic rings. The summed E-state index contributed by atoms with van der Waals surface area (Å²) in [5.41, 5.74) is 0. The van der Waals surface area contributed by atoms with Crippen molar-refractivity contribution in [3.8, 4) is 0 Å². The van der Waals surface area contributed by atoms with Crippen LogP contribution in [0.5, 0.6) is 0 Å². The van der Waals surface area contributed by atoms with Crippen molar-refractivity contribution in [1.82, 2.24) is 4.90 Å². The molecule has 0 aromatic heterocycles. The molecule has 2 saturated heterocycles. The third kappa shape index (κ3) is 1.28. The zero-order chi connectivity index (χ0) is 11.3. The van der Waals surface area contributed by atoms with E-state index < -0.39 is 0 Å². The van der Waals surface area contributed by atoms with Crippen molar-refractivity contribution in [2.24, 2.45) is 11.8 Å². The van der Waals surface area contributed by atoms with Gasteiger partial charge >= 0.3 is 6.09 Å². The molecule has 4 atom stereocenters. The highest BCUT2D eigenvalue weighted by Crippen LogP contribution is 2.42. The fourth-order valence-electron chi connectivity index (χ4n) is 3.67. The van der Waals surface area contributed by atoms with Crippen LogP contribution in [0, 0.1) is 11.8 Å². The monoisotopic (exact) mass is 223 g/mol. The number of hydrogen-bond acceptors (Lipinski definition) is 3. The molecule has 4 heteroatoms. The number of ether oxygens (including phenoxy) is 1. The maximum absolute atomic E-state index is 11.9. The molecule has 16 heavy (non-hydrogen) atoms. The van der Waals surface area contributed by atoms with Crippen LogP contribution in [0.1, 0.15) is 32.6 Å². The van der Waals surface area contributed by atoms with Gasteiger partial charge in [-0.2, -0.15) is 0 Å². The molecule has 0 radical (unpaired) electrons. The smallest absolute Gasteiger partial charge is 0.410 e. The number of piperidine rings is 1. The summed E-state index contributed by atoms with van der Waals surface area (Å²) in [5, 5.41) is 0. The lowest BCUT2D eigenvalue weighted by Gasteiger charge is -2.45. The Labute approximate surface area is 94.9 Å². The van der Waals surface area contributed by atoms with E-state index in [4.69, 9.17) is 4.74 Å². The largest absolute Gasteiger partial charge is 0.447 e. The Morgan fingerprint density at radius 3 is 3.00 bits per heavy atom. The summed E-state index contributed by atoms with van der Waals surface area (Å²) >= 11 is 0. The van der Waals surface area contributed by atoms with E-state index in [1.807, 2.05) is 4.90 Å². The molecular formula is C12H17NO3. The average Bonchev–Trinajstić information content (AvgIpc) is 2.63. The maximum Gasteiger partial charge on any atom is 0.410 e. The van der Waals surface area contributed by atoms with Gasteiger partial charge in [0.15, 0.2) is 0 Å². The number of carbonyl (C=O) groups is 2. The summed E-state index contributed by atoms with van der Waals surface area (Å²) in [5.74, 6) is 0.949. The second-order valence-corrected chi connectivity index (χ2v) is 5.24. The molecule has 3 rings (SSSR count). The summed E-state index contributed by atoms with van der Waals surface area (Å²) in [6.45, 7) is 2.54.